The molecule has 3 atom stereocenters. The smallest absolute Gasteiger partial charge is 0.0113 e. The number of hydrogen-bond acceptors (Lipinski definition) is 4. The standard InChI is InChI=1S/C21H44N4/c1-3-4-5-6-7-8-13-23-15-10-21(2)25-16-12-22-11-9-14-24(18-17-23)19-20-25/h21-22H,3-20H2,1-2H3. The molecule has 2 aliphatic heterocycles. The van der Waals surface area contributed by atoms with Crippen molar-refractivity contribution in [3.05, 3.63) is 0 Å². The predicted molar refractivity (Wildman–Crippen MR) is 109 cm³/mol. The van der Waals surface area contributed by atoms with E-state index in [1.165, 1.54) is 110 Å². The molecule has 2 heterocycles. The minimum Gasteiger partial charge on any atom is -0.315 e. The maximum atomic E-state index is 3.62. The highest BCUT2D eigenvalue weighted by Gasteiger charge is 2.20. The molecule has 0 saturated carbocycles. The van der Waals surface area contributed by atoms with Gasteiger partial charge in [0.1, 0.15) is 0 Å². The van der Waals surface area contributed by atoms with Gasteiger partial charge in [0.2, 0.25) is 0 Å². The minimum absolute atomic E-state index is 0.716. The molecule has 148 valence electrons. The molecule has 25 heavy (non-hydrogen) atoms. The highest BCUT2D eigenvalue weighted by molar-refractivity contribution is 4.76. The third-order valence-corrected chi connectivity index (χ3v) is 6.15. The molecule has 0 aromatic carbocycles. The van der Waals surface area contributed by atoms with Gasteiger partial charge in [-0.3, -0.25) is 4.90 Å². The minimum atomic E-state index is 0.716. The second-order valence-electron chi connectivity index (χ2n) is 8.23. The number of nitrogens with one attached hydrogen (secondary N) is 1. The van der Waals surface area contributed by atoms with Crippen molar-refractivity contribution >= 4 is 0 Å². The summed E-state index contributed by atoms with van der Waals surface area (Å²) in [5.41, 5.74) is 0. The van der Waals surface area contributed by atoms with Crippen LogP contribution in [-0.2, 0) is 0 Å². The zero-order chi connectivity index (χ0) is 17.7. The van der Waals surface area contributed by atoms with E-state index < -0.39 is 0 Å². The lowest BCUT2D eigenvalue weighted by Crippen LogP contribution is -2.49. The van der Waals surface area contributed by atoms with Gasteiger partial charge >= 0.3 is 0 Å². The largest absolute Gasteiger partial charge is 0.315 e. The van der Waals surface area contributed by atoms with Crippen molar-refractivity contribution in [1.29, 1.82) is 0 Å². The van der Waals surface area contributed by atoms with Gasteiger partial charge in [0.15, 0.2) is 0 Å². The quantitative estimate of drug-likeness (QED) is 0.711. The molecule has 0 radical (unpaired) electrons. The molecule has 3 unspecified atom stereocenters. The van der Waals surface area contributed by atoms with Crippen molar-refractivity contribution < 1.29 is 0 Å². The van der Waals surface area contributed by atoms with E-state index in [0.717, 1.165) is 6.54 Å². The van der Waals surface area contributed by atoms with Crippen molar-refractivity contribution in [2.45, 2.75) is 71.3 Å². The Morgan fingerprint density at radius 3 is 2.48 bits per heavy atom. The van der Waals surface area contributed by atoms with Gasteiger partial charge in [-0.15, -0.1) is 0 Å². The molecule has 0 spiro atoms. The lowest BCUT2D eigenvalue weighted by atomic mass is 10.1. The zero-order valence-corrected chi connectivity index (χ0v) is 17.1. The Balaban J connectivity index is 1.80. The van der Waals surface area contributed by atoms with E-state index in [2.05, 4.69) is 33.9 Å². The van der Waals surface area contributed by atoms with Crippen LogP contribution in [0.4, 0.5) is 0 Å². The monoisotopic (exact) mass is 352 g/mol. The van der Waals surface area contributed by atoms with Crippen molar-refractivity contribution in [2.24, 2.45) is 0 Å². The average molecular weight is 353 g/mol. The summed E-state index contributed by atoms with van der Waals surface area (Å²) in [6, 6.07) is 0.716. The Morgan fingerprint density at radius 2 is 1.60 bits per heavy atom. The second kappa shape index (κ2) is 13.1. The highest BCUT2D eigenvalue weighted by Crippen LogP contribution is 2.11. The summed E-state index contributed by atoms with van der Waals surface area (Å²) in [4.78, 5) is 8.20. The zero-order valence-electron chi connectivity index (χ0n) is 17.1. The van der Waals surface area contributed by atoms with Gasteiger partial charge in [-0.1, -0.05) is 39.0 Å². The van der Waals surface area contributed by atoms with Crippen LogP contribution in [0.25, 0.3) is 0 Å². The van der Waals surface area contributed by atoms with E-state index in [0.29, 0.717) is 6.04 Å². The first kappa shape index (κ1) is 21.1. The van der Waals surface area contributed by atoms with Crippen LogP contribution in [0.3, 0.4) is 0 Å². The van der Waals surface area contributed by atoms with E-state index in [9.17, 15) is 0 Å². The Hall–Kier alpha value is -0.160. The van der Waals surface area contributed by atoms with Crippen LogP contribution in [0, 0.1) is 0 Å². The van der Waals surface area contributed by atoms with Crippen LogP contribution in [0.1, 0.15) is 65.2 Å². The number of unbranched alkanes of at least 4 members (excludes halogenated alkanes) is 5. The molecule has 2 saturated heterocycles. The van der Waals surface area contributed by atoms with Crippen molar-refractivity contribution in [3.8, 4) is 0 Å². The summed E-state index contributed by atoms with van der Waals surface area (Å²) in [5.74, 6) is 0. The molecular weight excluding hydrogens is 308 g/mol. The first-order valence-electron chi connectivity index (χ1n) is 11.2. The first-order valence-corrected chi connectivity index (χ1v) is 11.2. The van der Waals surface area contributed by atoms with Gasteiger partial charge in [0.05, 0.1) is 0 Å². The number of rotatable bonds is 7. The SMILES string of the molecule is CCCCCCCCN1CCC(C)N2CCNCCCN(CC1)CC2. The highest BCUT2D eigenvalue weighted by atomic mass is 15.3. The van der Waals surface area contributed by atoms with Crippen LogP contribution in [0.5, 0.6) is 0 Å². The average Bonchev–Trinajstić information content (AvgIpc) is 2.63. The third kappa shape index (κ3) is 8.85. The van der Waals surface area contributed by atoms with Crippen molar-refractivity contribution in [3.63, 3.8) is 0 Å². The Labute approximate surface area is 157 Å². The van der Waals surface area contributed by atoms with Gasteiger partial charge in [0.25, 0.3) is 0 Å². The van der Waals surface area contributed by atoms with Crippen molar-refractivity contribution in [2.75, 3.05) is 65.4 Å². The molecule has 4 nitrogen and oxygen atoms in total. The second-order valence-corrected chi connectivity index (χ2v) is 8.23. The molecule has 0 aromatic rings. The molecule has 2 rings (SSSR count). The predicted octanol–water partition coefficient (Wildman–Crippen LogP) is 3.04. The first-order chi connectivity index (χ1) is 12.3. The number of nitrogens with zero attached hydrogens (tertiary/aromatic N) is 3. The van der Waals surface area contributed by atoms with Crippen LogP contribution < -0.4 is 5.32 Å². The summed E-state index contributed by atoms with van der Waals surface area (Å²) in [7, 11) is 0. The fourth-order valence-electron chi connectivity index (χ4n) is 4.22. The Morgan fingerprint density at radius 1 is 0.800 bits per heavy atom. The number of hydrogen-bond donors (Lipinski definition) is 1. The summed E-state index contributed by atoms with van der Waals surface area (Å²) in [5, 5.41) is 3.62. The van der Waals surface area contributed by atoms with E-state index in [1.807, 2.05) is 0 Å². The van der Waals surface area contributed by atoms with Gasteiger partial charge in [-0.25, -0.2) is 0 Å². The molecule has 2 aliphatic rings. The fourth-order valence-corrected chi connectivity index (χ4v) is 4.22. The van der Waals surface area contributed by atoms with Gasteiger partial charge in [-0.2, -0.15) is 0 Å². The van der Waals surface area contributed by atoms with Gasteiger partial charge in [-0.05, 0) is 52.4 Å². The van der Waals surface area contributed by atoms with Gasteiger partial charge < -0.3 is 15.1 Å². The molecular formula is C21H44N4. The fraction of sp³-hybridized carbons (Fsp3) is 1.00. The third-order valence-electron chi connectivity index (χ3n) is 6.15. The van der Waals surface area contributed by atoms with Crippen LogP contribution in [0.15, 0.2) is 0 Å². The summed E-state index contributed by atoms with van der Waals surface area (Å²) < 4.78 is 0. The van der Waals surface area contributed by atoms with Crippen LogP contribution in [0.2, 0.25) is 0 Å². The maximum Gasteiger partial charge on any atom is 0.0113 e. The van der Waals surface area contributed by atoms with E-state index in [-0.39, 0.29) is 0 Å². The van der Waals surface area contributed by atoms with Crippen LogP contribution >= 0.6 is 0 Å². The molecule has 1 N–H and O–H groups in total. The van der Waals surface area contributed by atoms with E-state index >= 15 is 0 Å². The molecule has 2 fully saturated rings. The lowest BCUT2D eigenvalue weighted by molar-refractivity contribution is 0.114. The van der Waals surface area contributed by atoms with E-state index in [4.69, 9.17) is 0 Å². The van der Waals surface area contributed by atoms with Crippen molar-refractivity contribution in [1.82, 2.24) is 20.0 Å². The molecule has 0 aliphatic carbocycles. The lowest BCUT2D eigenvalue weighted by Gasteiger charge is -2.37. The summed E-state index contributed by atoms with van der Waals surface area (Å²) >= 11 is 0. The maximum absolute atomic E-state index is 3.62. The summed E-state index contributed by atoms with van der Waals surface area (Å²) in [6.45, 7) is 17.2. The van der Waals surface area contributed by atoms with E-state index in [1.54, 1.807) is 0 Å². The topological polar surface area (TPSA) is 21.8 Å². The van der Waals surface area contributed by atoms with Crippen LogP contribution in [-0.4, -0.2) is 86.2 Å². The summed E-state index contributed by atoms with van der Waals surface area (Å²) in [6.07, 6.45) is 11.1. The molecule has 4 heteroatoms. The normalized spacial score (nSPS) is 30.2. The Bertz CT molecular complexity index is 321. The molecule has 2 bridgehead atoms. The molecule has 0 amide bonds. The molecule has 0 aromatic heterocycles. The Kier molecular flexibility index (Phi) is 11.1. The van der Waals surface area contributed by atoms with Gasteiger partial charge in [0, 0.05) is 45.3 Å². The number of fused-ring (bicyclic) bond motifs is 3.